The summed E-state index contributed by atoms with van der Waals surface area (Å²) in [5.41, 5.74) is 8.63. The van der Waals surface area contributed by atoms with Gasteiger partial charge in [0, 0.05) is 43.8 Å². The Balaban J connectivity index is 0.00000144. The Hall–Kier alpha value is -0.970. The van der Waals surface area contributed by atoms with Crippen LogP contribution in [0.2, 0.25) is 0 Å². The van der Waals surface area contributed by atoms with E-state index < -0.39 is 0 Å². The van der Waals surface area contributed by atoms with Crippen molar-refractivity contribution in [1.82, 2.24) is 4.90 Å². The Kier molecular flexibility index (Phi) is 8.34. The van der Waals surface area contributed by atoms with Gasteiger partial charge in [0.2, 0.25) is 5.91 Å². The number of rotatable bonds is 2. The zero-order valence-electron chi connectivity index (χ0n) is 14.3. The molecular weight excluding hydrogens is 345 g/mol. The van der Waals surface area contributed by atoms with Crippen molar-refractivity contribution in [3.05, 3.63) is 29.8 Å². The summed E-state index contributed by atoms with van der Waals surface area (Å²) in [5, 5.41) is 0. The van der Waals surface area contributed by atoms with Gasteiger partial charge in [0.05, 0.1) is 0 Å². The zero-order chi connectivity index (χ0) is 15.5. The summed E-state index contributed by atoms with van der Waals surface area (Å²) in [6, 6.07) is 8.70. The molecule has 6 heteroatoms. The topological polar surface area (TPSA) is 49.6 Å². The first kappa shape index (κ1) is 21.1. The first-order valence-electron chi connectivity index (χ1n) is 8.50. The molecule has 2 N–H and O–H groups in total. The van der Waals surface area contributed by atoms with E-state index in [4.69, 9.17) is 5.73 Å². The van der Waals surface area contributed by atoms with Crippen molar-refractivity contribution < 1.29 is 4.79 Å². The first-order chi connectivity index (χ1) is 10.6. The predicted molar refractivity (Wildman–Crippen MR) is 104 cm³/mol. The monoisotopic (exact) mass is 373 g/mol. The Labute approximate surface area is 157 Å². The molecule has 0 radical (unpaired) electrons. The molecule has 24 heavy (non-hydrogen) atoms. The Morgan fingerprint density at radius 2 is 1.75 bits per heavy atom. The Morgan fingerprint density at radius 1 is 1.08 bits per heavy atom. The molecule has 1 aliphatic heterocycles. The summed E-state index contributed by atoms with van der Waals surface area (Å²) < 4.78 is 0. The largest absolute Gasteiger partial charge is 0.368 e. The van der Waals surface area contributed by atoms with Gasteiger partial charge >= 0.3 is 0 Å². The van der Waals surface area contributed by atoms with Crippen molar-refractivity contribution >= 4 is 36.4 Å². The van der Waals surface area contributed by atoms with Crippen LogP contribution < -0.4 is 10.6 Å². The third-order valence-electron chi connectivity index (χ3n) is 5.11. The minimum Gasteiger partial charge on any atom is -0.368 e. The van der Waals surface area contributed by atoms with E-state index in [1.165, 1.54) is 11.3 Å². The molecule has 0 spiro atoms. The van der Waals surface area contributed by atoms with Crippen LogP contribution >= 0.6 is 24.8 Å². The van der Waals surface area contributed by atoms with Crippen LogP contribution in [0.4, 0.5) is 5.69 Å². The number of benzene rings is 1. The van der Waals surface area contributed by atoms with E-state index in [1.807, 2.05) is 0 Å². The minimum atomic E-state index is 0. The molecule has 2 atom stereocenters. The third kappa shape index (κ3) is 4.78. The fourth-order valence-electron chi connectivity index (χ4n) is 3.80. The quantitative estimate of drug-likeness (QED) is 0.866. The van der Waals surface area contributed by atoms with Gasteiger partial charge < -0.3 is 15.5 Å². The standard InChI is InChI=1S/C18H27N3O.2ClH/c1-14-5-2-3-8-17(14)20-9-11-21(12-10-20)18(22)15-6-4-7-16(19)13-15;;/h2-3,5,8,15-16H,4,6-7,9-13,19H2,1H3;2*1H. The summed E-state index contributed by atoms with van der Waals surface area (Å²) in [4.78, 5) is 17.1. The third-order valence-corrected chi connectivity index (χ3v) is 5.11. The molecule has 4 nitrogen and oxygen atoms in total. The maximum Gasteiger partial charge on any atom is 0.225 e. The van der Waals surface area contributed by atoms with Crippen molar-refractivity contribution in [2.24, 2.45) is 11.7 Å². The van der Waals surface area contributed by atoms with E-state index in [9.17, 15) is 4.79 Å². The van der Waals surface area contributed by atoms with Crippen LogP contribution in [0.25, 0.3) is 0 Å². The van der Waals surface area contributed by atoms with Crippen LogP contribution in [0.5, 0.6) is 0 Å². The highest BCUT2D eigenvalue weighted by Gasteiger charge is 2.30. The molecule has 0 aromatic heterocycles. The first-order valence-corrected chi connectivity index (χ1v) is 8.50. The number of piperazine rings is 1. The second-order valence-electron chi connectivity index (χ2n) is 6.72. The Morgan fingerprint density at radius 3 is 2.38 bits per heavy atom. The lowest BCUT2D eigenvalue weighted by Crippen LogP contribution is -2.51. The van der Waals surface area contributed by atoms with E-state index in [0.29, 0.717) is 5.91 Å². The van der Waals surface area contributed by atoms with Crippen molar-refractivity contribution in [2.75, 3.05) is 31.1 Å². The highest BCUT2D eigenvalue weighted by Crippen LogP contribution is 2.26. The maximum atomic E-state index is 12.7. The number of carbonyl (C=O) groups is 1. The number of hydrogen-bond donors (Lipinski definition) is 1. The molecule has 2 fully saturated rings. The summed E-state index contributed by atoms with van der Waals surface area (Å²) in [6.45, 7) is 5.67. The summed E-state index contributed by atoms with van der Waals surface area (Å²) in [6.07, 6.45) is 4.06. The van der Waals surface area contributed by atoms with Gasteiger partial charge in [-0.2, -0.15) is 0 Å². The molecule has 1 amide bonds. The molecule has 1 aromatic carbocycles. The number of carbonyl (C=O) groups excluding carboxylic acids is 1. The molecular formula is C18H29Cl2N3O. The molecule has 136 valence electrons. The molecule has 1 aliphatic carbocycles. The van der Waals surface area contributed by atoms with Crippen LogP contribution in [0.1, 0.15) is 31.2 Å². The van der Waals surface area contributed by atoms with Gasteiger partial charge in [-0.05, 0) is 37.8 Å². The number of aryl methyl sites for hydroxylation is 1. The lowest BCUT2D eigenvalue weighted by molar-refractivity contribution is -0.137. The minimum absolute atomic E-state index is 0. The summed E-state index contributed by atoms with van der Waals surface area (Å²) in [7, 11) is 0. The number of halogens is 2. The second-order valence-corrected chi connectivity index (χ2v) is 6.72. The van der Waals surface area contributed by atoms with Crippen LogP contribution in [0, 0.1) is 12.8 Å². The van der Waals surface area contributed by atoms with Crippen molar-refractivity contribution in [3.8, 4) is 0 Å². The fraction of sp³-hybridized carbons (Fsp3) is 0.611. The van der Waals surface area contributed by atoms with Crippen molar-refractivity contribution in [3.63, 3.8) is 0 Å². The van der Waals surface area contributed by atoms with Crippen molar-refractivity contribution in [1.29, 1.82) is 0 Å². The number of nitrogens with zero attached hydrogens (tertiary/aromatic N) is 2. The van der Waals surface area contributed by atoms with Gasteiger partial charge in [-0.1, -0.05) is 24.6 Å². The molecule has 0 bridgehead atoms. The average Bonchev–Trinajstić information content (AvgIpc) is 2.55. The van der Waals surface area contributed by atoms with Gasteiger partial charge in [-0.25, -0.2) is 0 Å². The highest BCUT2D eigenvalue weighted by molar-refractivity contribution is 5.85. The van der Waals surface area contributed by atoms with E-state index in [2.05, 4.69) is 41.0 Å². The van der Waals surface area contributed by atoms with Gasteiger partial charge in [-0.3, -0.25) is 4.79 Å². The molecule has 1 saturated carbocycles. The van der Waals surface area contributed by atoms with Crippen LogP contribution in [-0.4, -0.2) is 43.0 Å². The number of anilines is 1. The predicted octanol–water partition coefficient (Wildman–Crippen LogP) is 3.00. The Bertz CT molecular complexity index is 533. The SMILES string of the molecule is Cc1ccccc1N1CCN(C(=O)C2CCCC(N)C2)CC1.Cl.Cl. The lowest BCUT2D eigenvalue weighted by Gasteiger charge is -2.39. The number of nitrogens with two attached hydrogens (primary N) is 1. The highest BCUT2D eigenvalue weighted by atomic mass is 35.5. The van der Waals surface area contributed by atoms with Crippen LogP contribution in [0.15, 0.2) is 24.3 Å². The molecule has 3 rings (SSSR count). The van der Waals surface area contributed by atoms with Gasteiger partial charge in [0.1, 0.15) is 0 Å². The number of hydrogen-bond acceptors (Lipinski definition) is 3. The average molecular weight is 374 g/mol. The molecule has 2 unspecified atom stereocenters. The van der Waals surface area contributed by atoms with Crippen molar-refractivity contribution in [2.45, 2.75) is 38.6 Å². The number of para-hydroxylation sites is 1. The molecule has 1 aromatic rings. The second kappa shape index (κ2) is 9.50. The summed E-state index contributed by atoms with van der Waals surface area (Å²) in [5.74, 6) is 0.494. The van der Waals surface area contributed by atoms with Crippen LogP contribution in [0.3, 0.4) is 0 Å². The maximum absolute atomic E-state index is 12.7. The summed E-state index contributed by atoms with van der Waals surface area (Å²) >= 11 is 0. The lowest BCUT2D eigenvalue weighted by atomic mass is 9.85. The zero-order valence-corrected chi connectivity index (χ0v) is 16.0. The van der Waals surface area contributed by atoms with E-state index in [-0.39, 0.29) is 36.8 Å². The van der Waals surface area contributed by atoms with Gasteiger partial charge in [0.25, 0.3) is 0 Å². The van der Waals surface area contributed by atoms with E-state index in [0.717, 1.165) is 51.9 Å². The molecule has 1 heterocycles. The normalized spacial score (nSPS) is 23.9. The fourth-order valence-corrected chi connectivity index (χ4v) is 3.80. The van der Waals surface area contributed by atoms with E-state index >= 15 is 0 Å². The molecule has 2 aliphatic rings. The van der Waals surface area contributed by atoms with E-state index in [1.54, 1.807) is 0 Å². The van der Waals surface area contributed by atoms with Gasteiger partial charge in [0.15, 0.2) is 0 Å². The molecule has 1 saturated heterocycles. The smallest absolute Gasteiger partial charge is 0.225 e. The van der Waals surface area contributed by atoms with Crippen LogP contribution in [-0.2, 0) is 4.79 Å². The van der Waals surface area contributed by atoms with Gasteiger partial charge in [-0.15, -0.1) is 24.8 Å². The number of amides is 1.